The van der Waals surface area contributed by atoms with E-state index in [0.29, 0.717) is 12.8 Å². The molecule has 0 aliphatic carbocycles. The van der Waals surface area contributed by atoms with E-state index in [9.17, 15) is 9.59 Å². The molecule has 0 aliphatic heterocycles. The summed E-state index contributed by atoms with van der Waals surface area (Å²) in [7, 11) is 0. The molecule has 0 saturated heterocycles. The highest BCUT2D eigenvalue weighted by molar-refractivity contribution is 5.73. The fraction of sp³-hybridized carbons (Fsp3) is 0.391. The zero-order chi connectivity index (χ0) is 21.2. The van der Waals surface area contributed by atoms with Gasteiger partial charge in [-0.3, -0.25) is 9.59 Å². The van der Waals surface area contributed by atoms with E-state index in [0.717, 1.165) is 17.5 Å². The van der Waals surface area contributed by atoms with Crippen molar-refractivity contribution in [2.75, 3.05) is 0 Å². The minimum absolute atomic E-state index is 0.117. The van der Waals surface area contributed by atoms with Crippen LogP contribution in [-0.4, -0.2) is 28.2 Å². The Morgan fingerprint density at radius 1 is 0.893 bits per heavy atom. The third-order valence-corrected chi connectivity index (χ3v) is 4.50. The van der Waals surface area contributed by atoms with Crippen molar-refractivity contribution >= 4 is 11.9 Å². The third-order valence-electron chi connectivity index (χ3n) is 4.50. The fourth-order valence-electron chi connectivity index (χ4n) is 2.79. The van der Waals surface area contributed by atoms with E-state index in [4.69, 9.17) is 15.9 Å². The predicted molar refractivity (Wildman–Crippen MR) is 111 cm³/mol. The van der Waals surface area contributed by atoms with Gasteiger partial charge in [0, 0.05) is 6.04 Å². The van der Waals surface area contributed by atoms with Crippen molar-refractivity contribution in [1.29, 1.82) is 0 Å². The van der Waals surface area contributed by atoms with Crippen molar-refractivity contribution in [1.82, 2.24) is 0 Å². The molecule has 152 valence electrons. The second-order valence-corrected chi connectivity index (χ2v) is 7.77. The predicted octanol–water partition coefficient (Wildman–Crippen LogP) is 4.01. The lowest BCUT2D eigenvalue weighted by molar-refractivity contribution is -0.147. The molecule has 2 rings (SSSR count). The first-order chi connectivity index (χ1) is 13.1. The summed E-state index contributed by atoms with van der Waals surface area (Å²) in [6.07, 6.45) is 1.81. The van der Waals surface area contributed by atoms with E-state index in [1.807, 2.05) is 60.7 Å². The molecule has 0 heterocycles. The Morgan fingerprint density at radius 2 is 1.32 bits per heavy atom. The number of carboxylic acids is 2. The van der Waals surface area contributed by atoms with E-state index < -0.39 is 17.4 Å². The summed E-state index contributed by atoms with van der Waals surface area (Å²) in [6, 6.07) is 19.4. The molecule has 0 aromatic heterocycles. The number of carboxylic acid groups (broad SMARTS) is 2. The van der Waals surface area contributed by atoms with Crippen LogP contribution in [0.4, 0.5) is 0 Å². The summed E-state index contributed by atoms with van der Waals surface area (Å²) >= 11 is 0. The number of nitrogens with two attached hydrogens (primary N) is 1. The molecule has 0 unspecified atom stereocenters. The molecule has 0 saturated carbocycles. The first-order valence-electron chi connectivity index (χ1n) is 9.41. The summed E-state index contributed by atoms with van der Waals surface area (Å²) in [5, 5.41) is 17.6. The van der Waals surface area contributed by atoms with Crippen LogP contribution < -0.4 is 5.73 Å². The van der Waals surface area contributed by atoms with Gasteiger partial charge in [0.2, 0.25) is 0 Å². The molecule has 0 radical (unpaired) electrons. The van der Waals surface area contributed by atoms with E-state index in [2.05, 4.69) is 0 Å². The minimum atomic E-state index is -0.795. The maximum absolute atomic E-state index is 11.0. The Bertz CT molecular complexity index is 729. The van der Waals surface area contributed by atoms with Crippen LogP contribution in [0.25, 0.3) is 0 Å². The van der Waals surface area contributed by atoms with E-state index in [1.165, 1.54) is 0 Å². The molecule has 0 bridgehead atoms. The van der Waals surface area contributed by atoms with Crippen molar-refractivity contribution < 1.29 is 19.8 Å². The van der Waals surface area contributed by atoms with E-state index >= 15 is 0 Å². The second-order valence-electron chi connectivity index (χ2n) is 7.77. The monoisotopic (exact) mass is 385 g/mol. The van der Waals surface area contributed by atoms with Gasteiger partial charge in [0.25, 0.3) is 0 Å². The lowest BCUT2D eigenvalue weighted by atomic mass is 9.84. The lowest BCUT2D eigenvalue weighted by Crippen LogP contribution is -2.34. The summed E-state index contributed by atoms with van der Waals surface area (Å²) < 4.78 is 0. The fourth-order valence-corrected chi connectivity index (χ4v) is 2.79. The van der Waals surface area contributed by atoms with Crippen molar-refractivity contribution in [3.05, 3.63) is 71.8 Å². The molecule has 2 aromatic carbocycles. The SMILES string of the molecule is CC(C)(C[C@@H](N)Cc1ccccc1)C(=O)O.C[C@@H](Cc1ccccc1)C(=O)O. The van der Waals surface area contributed by atoms with Crippen molar-refractivity contribution in [2.45, 2.75) is 46.1 Å². The van der Waals surface area contributed by atoms with Gasteiger partial charge < -0.3 is 15.9 Å². The second kappa shape index (κ2) is 11.2. The summed E-state index contributed by atoms with van der Waals surface area (Å²) in [5.41, 5.74) is 7.44. The zero-order valence-electron chi connectivity index (χ0n) is 16.8. The quantitative estimate of drug-likeness (QED) is 0.637. The van der Waals surface area contributed by atoms with Crippen LogP contribution in [0.15, 0.2) is 60.7 Å². The molecule has 28 heavy (non-hydrogen) atoms. The Kier molecular flexibility index (Phi) is 9.39. The molecular weight excluding hydrogens is 354 g/mol. The average Bonchev–Trinajstić information content (AvgIpc) is 2.63. The molecule has 0 aliphatic rings. The first kappa shape index (κ1) is 23.4. The molecule has 5 heteroatoms. The summed E-state index contributed by atoms with van der Waals surface area (Å²) in [6.45, 7) is 5.13. The molecule has 0 amide bonds. The number of aliphatic carboxylic acids is 2. The molecule has 5 nitrogen and oxygen atoms in total. The number of carbonyl (C=O) groups is 2. The largest absolute Gasteiger partial charge is 0.481 e. The van der Waals surface area contributed by atoms with Gasteiger partial charge in [-0.25, -0.2) is 0 Å². The van der Waals surface area contributed by atoms with Crippen molar-refractivity contribution in [3.8, 4) is 0 Å². The van der Waals surface area contributed by atoms with Crippen LogP contribution in [0.5, 0.6) is 0 Å². The Balaban J connectivity index is 0.000000292. The standard InChI is InChI=1S/C13H19NO2.C10H12O2/c1-13(2,12(15)16)9-11(14)8-10-6-4-3-5-7-10;1-8(10(11)12)7-9-5-3-2-4-6-9/h3-7,11H,8-9,14H2,1-2H3,(H,15,16);2-6,8H,7H2,1H3,(H,11,12)/t11-;8-/m00/s1. The zero-order valence-corrected chi connectivity index (χ0v) is 16.8. The average molecular weight is 386 g/mol. The van der Waals surface area contributed by atoms with E-state index in [1.54, 1.807) is 20.8 Å². The van der Waals surface area contributed by atoms with Crippen LogP contribution >= 0.6 is 0 Å². The molecule has 2 atom stereocenters. The number of rotatable bonds is 8. The minimum Gasteiger partial charge on any atom is -0.481 e. The topological polar surface area (TPSA) is 101 Å². The Hall–Kier alpha value is -2.66. The van der Waals surface area contributed by atoms with Gasteiger partial charge in [-0.15, -0.1) is 0 Å². The van der Waals surface area contributed by atoms with Gasteiger partial charge in [0.15, 0.2) is 0 Å². The maximum atomic E-state index is 11.0. The first-order valence-corrected chi connectivity index (χ1v) is 9.41. The van der Waals surface area contributed by atoms with Gasteiger partial charge in [-0.2, -0.15) is 0 Å². The molecular formula is C23H31NO4. The van der Waals surface area contributed by atoms with Crippen LogP contribution in [-0.2, 0) is 22.4 Å². The van der Waals surface area contributed by atoms with Crippen molar-refractivity contribution in [2.24, 2.45) is 17.1 Å². The number of benzene rings is 2. The van der Waals surface area contributed by atoms with Gasteiger partial charge in [0.05, 0.1) is 11.3 Å². The van der Waals surface area contributed by atoms with Crippen molar-refractivity contribution in [3.63, 3.8) is 0 Å². The highest BCUT2D eigenvalue weighted by Gasteiger charge is 2.29. The van der Waals surface area contributed by atoms with Crippen LogP contribution in [0, 0.1) is 11.3 Å². The van der Waals surface area contributed by atoms with Crippen LogP contribution in [0.2, 0.25) is 0 Å². The van der Waals surface area contributed by atoms with Gasteiger partial charge >= 0.3 is 11.9 Å². The Labute approximate surface area is 167 Å². The number of hydrogen-bond acceptors (Lipinski definition) is 3. The maximum Gasteiger partial charge on any atom is 0.309 e. The Morgan fingerprint density at radius 3 is 1.71 bits per heavy atom. The summed E-state index contributed by atoms with van der Waals surface area (Å²) in [4.78, 5) is 21.5. The molecule has 2 aromatic rings. The van der Waals surface area contributed by atoms with E-state index in [-0.39, 0.29) is 12.0 Å². The highest BCUT2D eigenvalue weighted by Crippen LogP contribution is 2.23. The molecule has 0 spiro atoms. The number of hydrogen-bond donors (Lipinski definition) is 3. The molecule has 0 fully saturated rings. The van der Waals surface area contributed by atoms with Crippen LogP contribution in [0.1, 0.15) is 38.3 Å². The summed E-state index contributed by atoms with van der Waals surface area (Å²) in [5.74, 6) is -1.83. The highest BCUT2D eigenvalue weighted by atomic mass is 16.4. The third kappa shape index (κ3) is 8.82. The smallest absolute Gasteiger partial charge is 0.309 e. The van der Waals surface area contributed by atoms with Crippen LogP contribution in [0.3, 0.4) is 0 Å². The lowest BCUT2D eigenvalue weighted by Gasteiger charge is -2.23. The normalized spacial score (nSPS) is 13.0. The van der Waals surface area contributed by atoms with Gasteiger partial charge in [-0.05, 0) is 44.2 Å². The van der Waals surface area contributed by atoms with Gasteiger partial charge in [0.1, 0.15) is 0 Å². The molecule has 4 N–H and O–H groups in total. The van der Waals surface area contributed by atoms with Gasteiger partial charge in [-0.1, -0.05) is 67.6 Å².